The molecule has 0 heterocycles. The van der Waals surface area contributed by atoms with Crippen LogP contribution in [0.5, 0.6) is 0 Å². The molecule has 5 heteroatoms. The topological polar surface area (TPSA) is 0 Å². The fourth-order valence-electron chi connectivity index (χ4n) is 5.55. The molecule has 1 unspecified atom stereocenters. The fraction of sp³-hybridized carbons (Fsp3) is 0.241. The third kappa shape index (κ3) is 4.94. The van der Waals surface area contributed by atoms with Crippen LogP contribution < -0.4 is 52.8 Å². The number of hydrogen-bond donors (Lipinski definition) is 0. The molecule has 0 nitrogen and oxygen atoms in total. The quantitative estimate of drug-likeness (QED) is 0.178. The van der Waals surface area contributed by atoms with E-state index >= 15 is 0 Å². The van der Waals surface area contributed by atoms with E-state index in [0.717, 1.165) is 0 Å². The van der Waals surface area contributed by atoms with Gasteiger partial charge in [0.2, 0.25) is 0 Å². The van der Waals surface area contributed by atoms with E-state index in [9.17, 15) is 0 Å². The molecule has 1 aliphatic rings. The van der Waals surface area contributed by atoms with Gasteiger partial charge in [0.05, 0.1) is 0 Å². The minimum atomic E-state index is -2.54. The van der Waals surface area contributed by atoms with Crippen molar-refractivity contribution in [2.75, 3.05) is 0 Å². The van der Waals surface area contributed by atoms with Crippen LogP contribution in [-0.2, 0) is 21.7 Å². The second kappa shape index (κ2) is 12.8. The number of benzene rings is 3. The molecule has 0 amide bonds. The van der Waals surface area contributed by atoms with Crippen LogP contribution in [0.15, 0.2) is 95.6 Å². The van der Waals surface area contributed by atoms with Gasteiger partial charge in [-0.3, -0.25) is 6.08 Å². The maximum Gasteiger partial charge on any atom is 4.00 e. The van der Waals surface area contributed by atoms with Crippen LogP contribution >= 0.6 is 0 Å². The molecule has 0 saturated heterocycles. The van der Waals surface area contributed by atoms with E-state index in [2.05, 4.69) is 126 Å². The molecule has 0 radical (unpaired) electrons. The number of hydrogen-bond acceptors (Lipinski definition) is 0. The summed E-state index contributed by atoms with van der Waals surface area (Å²) in [5.74, 6) is 0. The molecular formula is C29H31Cl3SiTi. The Hall–Kier alpha value is -1.06. The van der Waals surface area contributed by atoms with Crippen LogP contribution in [0.4, 0.5) is 0 Å². The molecule has 0 saturated carbocycles. The summed E-state index contributed by atoms with van der Waals surface area (Å²) in [4.78, 5) is 0. The van der Waals surface area contributed by atoms with Crippen molar-refractivity contribution in [3.63, 3.8) is 0 Å². The van der Waals surface area contributed by atoms with Gasteiger partial charge >= 0.3 is 21.7 Å². The number of allylic oxidation sites excluding steroid dienone is 4. The smallest absolute Gasteiger partial charge is 1.00 e. The predicted octanol–water partition coefficient (Wildman–Crippen LogP) is -3.36. The summed E-state index contributed by atoms with van der Waals surface area (Å²) in [7, 11) is -2.54. The molecule has 34 heavy (non-hydrogen) atoms. The van der Waals surface area contributed by atoms with Crippen LogP contribution in [0.1, 0.15) is 38.8 Å². The Morgan fingerprint density at radius 3 is 1.41 bits per heavy atom. The van der Waals surface area contributed by atoms with Gasteiger partial charge in [0.15, 0.2) is 0 Å². The Balaban J connectivity index is 0.00000272. The van der Waals surface area contributed by atoms with Gasteiger partial charge in [-0.15, -0.1) is 6.92 Å². The maximum absolute atomic E-state index is 4.02. The van der Waals surface area contributed by atoms with Crippen molar-refractivity contribution in [3.05, 3.63) is 113 Å². The normalized spacial score (nSPS) is 16.9. The maximum atomic E-state index is 4.02. The second-order valence-corrected chi connectivity index (χ2v) is 13.0. The standard InChI is InChI=1S/C29H31Si.3ClH.Ti/c1-21-14-10-12-18-27(21)30(26-16-8-7-9-17-26,28-19-13-11-15-22(28)2)29(6)20-23(3)24(4)25(29)5;;;;/h7-19H,1-6H3;3*1H;/q-1;;;;+4/p-3. The van der Waals surface area contributed by atoms with Gasteiger partial charge in [-0.1, -0.05) is 116 Å². The number of aryl methyl sites for hydroxylation is 2. The van der Waals surface area contributed by atoms with Gasteiger partial charge in [-0.05, 0) is 29.4 Å². The van der Waals surface area contributed by atoms with Crippen LogP contribution in [0.3, 0.4) is 0 Å². The van der Waals surface area contributed by atoms with Gasteiger partial charge in [-0.25, -0.2) is 5.57 Å². The molecule has 0 aliphatic heterocycles. The zero-order valence-corrected chi connectivity index (χ0v) is 25.5. The first-order valence-corrected chi connectivity index (χ1v) is 12.8. The van der Waals surface area contributed by atoms with Crippen molar-refractivity contribution >= 4 is 23.6 Å². The summed E-state index contributed by atoms with van der Waals surface area (Å²) in [6, 6.07) is 29.3. The average molecular weight is 562 g/mol. The molecule has 1 aliphatic carbocycles. The van der Waals surface area contributed by atoms with Gasteiger partial charge in [0.25, 0.3) is 0 Å². The minimum absolute atomic E-state index is 0. The van der Waals surface area contributed by atoms with E-state index in [1.807, 2.05) is 0 Å². The van der Waals surface area contributed by atoms with Gasteiger partial charge < -0.3 is 37.2 Å². The van der Waals surface area contributed by atoms with Crippen LogP contribution in [0, 0.1) is 19.9 Å². The third-order valence-corrected chi connectivity index (χ3v) is 13.3. The summed E-state index contributed by atoms with van der Waals surface area (Å²) < 4.78 is 0. The number of halogens is 3. The van der Waals surface area contributed by atoms with E-state index in [-0.39, 0.29) is 64.0 Å². The van der Waals surface area contributed by atoms with Crippen molar-refractivity contribution in [1.82, 2.24) is 0 Å². The Bertz CT molecular complexity index is 1130. The molecule has 0 bridgehead atoms. The molecule has 0 N–H and O–H groups in total. The monoisotopic (exact) mass is 560 g/mol. The summed E-state index contributed by atoms with van der Waals surface area (Å²) >= 11 is 0. The zero-order chi connectivity index (χ0) is 21.5. The first-order chi connectivity index (χ1) is 14.3. The Kier molecular flexibility index (Phi) is 12.4. The SMILES string of the molecule is CC1=[C-]C(C)([Si](c2ccccc2)(c2ccccc2C)c2ccccc2C)C(C)=C1C.[Cl-].[Cl-].[Cl-].[Ti+4]. The number of rotatable bonds is 4. The van der Waals surface area contributed by atoms with Crippen molar-refractivity contribution in [1.29, 1.82) is 0 Å². The van der Waals surface area contributed by atoms with E-state index in [0.29, 0.717) is 0 Å². The average Bonchev–Trinajstić information content (AvgIpc) is 2.95. The molecule has 0 fully saturated rings. The van der Waals surface area contributed by atoms with E-state index in [4.69, 9.17) is 0 Å². The molecule has 3 aromatic rings. The molecule has 0 aromatic heterocycles. The molecule has 3 aromatic carbocycles. The molecular weight excluding hydrogens is 531 g/mol. The van der Waals surface area contributed by atoms with Crippen molar-refractivity contribution < 1.29 is 58.9 Å². The van der Waals surface area contributed by atoms with E-state index in [1.54, 1.807) is 0 Å². The van der Waals surface area contributed by atoms with Gasteiger partial charge in [0, 0.05) is 0 Å². The molecule has 1 atom stereocenters. The van der Waals surface area contributed by atoms with E-state index in [1.165, 1.54) is 43.4 Å². The van der Waals surface area contributed by atoms with Crippen molar-refractivity contribution in [2.24, 2.45) is 0 Å². The molecule has 0 spiro atoms. The Morgan fingerprint density at radius 1 is 0.618 bits per heavy atom. The molecule has 176 valence electrons. The van der Waals surface area contributed by atoms with Crippen LogP contribution in [-0.4, -0.2) is 8.07 Å². The summed E-state index contributed by atoms with van der Waals surface area (Å²) in [5.41, 5.74) is 6.89. The van der Waals surface area contributed by atoms with Gasteiger partial charge in [-0.2, -0.15) is 11.1 Å². The Labute approximate surface area is 240 Å². The van der Waals surface area contributed by atoms with Crippen LogP contribution in [0.25, 0.3) is 0 Å². The summed E-state index contributed by atoms with van der Waals surface area (Å²) in [6.07, 6.45) is 4.02. The van der Waals surface area contributed by atoms with Crippen molar-refractivity contribution in [3.8, 4) is 0 Å². The fourth-order valence-corrected chi connectivity index (χ4v) is 12.0. The first kappa shape index (κ1) is 32.9. The third-order valence-electron chi connectivity index (χ3n) is 7.37. The molecule has 4 rings (SSSR count). The summed E-state index contributed by atoms with van der Waals surface area (Å²) in [6.45, 7) is 13.8. The first-order valence-electron chi connectivity index (χ1n) is 10.8. The second-order valence-electron chi connectivity index (χ2n) is 8.87. The van der Waals surface area contributed by atoms with Crippen LogP contribution in [0.2, 0.25) is 5.04 Å². The zero-order valence-electron chi connectivity index (χ0n) is 20.6. The summed E-state index contributed by atoms with van der Waals surface area (Å²) in [5, 5.41) is 4.26. The van der Waals surface area contributed by atoms with Crippen molar-refractivity contribution in [2.45, 2.75) is 46.6 Å². The Morgan fingerprint density at radius 2 is 1.03 bits per heavy atom. The predicted molar refractivity (Wildman–Crippen MR) is 133 cm³/mol. The minimum Gasteiger partial charge on any atom is -1.00 e. The van der Waals surface area contributed by atoms with E-state index < -0.39 is 8.07 Å². The largest absolute Gasteiger partial charge is 4.00 e. The van der Waals surface area contributed by atoms with Gasteiger partial charge in [0.1, 0.15) is 8.07 Å².